The molecule has 0 aliphatic carbocycles. The quantitative estimate of drug-likeness (QED) is 0.460. The summed E-state index contributed by atoms with van der Waals surface area (Å²) in [5.74, 6) is 0.468. The second-order valence-electron chi connectivity index (χ2n) is 8.18. The molecule has 2 aromatic carbocycles. The largest absolute Gasteiger partial charge is 0.496 e. The van der Waals surface area contributed by atoms with Gasteiger partial charge in [0.25, 0.3) is 0 Å². The second kappa shape index (κ2) is 8.96. The van der Waals surface area contributed by atoms with Gasteiger partial charge < -0.3 is 14.1 Å². The predicted molar refractivity (Wildman–Crippen MR) is 122 cm³/mol. The monoisotopic (exact) mass is 421 g/mol. The highest BCUT2D eigenvalue weighted by Crippen LogP contribution is 2.40. The number of ether oxygens (including phenoxy) is 1. The lowest BCUT2D eigenvalue weighted by atomic mass is 9.96. The van der Waals surface area contributed by atoms with Crippen molar-refractivity contribution >= 4 is 22.4 Å². The minimum atomic E-state index is -0.277. The van der Waals surface area contributed by atoms with Gasteiger partial charge in [0.1, 0.15) is 17.1 Å². The van der Waals surface area contributed by atoms with Crippen LogP contribution in [-0.2, 0) is 4.79 Å². The van der Waals surface area contributed by atoms with Gasteiger partial charge in [0.15, 0.2) is 0 Å². The van der Waals surface area contributed by atoms with Gasteiger partial charge in [0, 0.05) is 41.2 Å². The molecule has 1 fully saturated rings. The molecule has 4 rings (SSSR count). The normalized spacial score (nSPS) is 15.2. The highest BCUT2D eigenvalue weighted by molar-refractivity contribution is 6.01. The third kappa shape index (κ3) is 4.22. The molecule has 1 amide bonds. The van der Waals surface area contributed by atoms with Crippen LogP contribution in [0.1, 0.15) is 43.7 Å². The van der Waals surface area contributed by atoms with Crippen LogP contribution >= 0.6 is 0 Å². The summed E-state index contributed by atoms with van der Waals surface area (Å²) in [6.45, 7) is 5.52. The van der Waals surface area contributed by atoms with E-state index in [0.717, 1.165) is 64.7 Å². The van der Waals surface area contributed by atoms with Crippen LogP contribution in [0.5, 0.6) is 5.75 Å². The molecule has 0 spiro atoms. The zero-order valence-electron chi connectivity index (χ0n) is 18.3. The molecule has 4 nitrogen and oxygen atoms in total. The van der Waals surface area contributed by atoms with E-state index < -0.39 is 0 Å². The zero-order chi connectivity index (χ0) is 22.0. The smallest absolute Gasteiger partial charge is 0.246 e. The molecule has 0 radical (unpaired) electrons. The summed E-state index contributed by atoms with van der Waals surface area (Å²) in [5.41, 5.74) is 5.07. The molecule has 1 aliphatic rings. The van der Waals surface area contributed by atoms with Crippen LogP contribution in [0, 0.1) is 12.7 Å². The molecule has 0 saturated carbocycles. The van der Waals surface area contributed by atoms with Crippen LogP contribution in [0.4, 0.5) is 4.39 Å². The molecule has 0 atom stereocenters. The van der Waals surface area contributed by atoms with Crippen molar-refractivity contribution in [3.05, 3.63) is 59.6 Å². The Morgan fingerprint density at radius 3 is 2.45 bits per heavy atom. The molecular weight excluding hydrogens is 393 g/mol. The molecular formula is C26H28FNO3. The Morgan fingerprint density at radius 1 is 1.13 bits per heavy atom. The van der Waals surface area contributed by atoms with Gasteiger partial charge in [0.05, 0.1) is 13.4 Å². The van der Waals surface area contributed by atoms with Crippen molar-refractivity contribution in [3.8, 4) is 16.9 Å². The fraction of sp³-hybridized carbons (Fsp3) is 0.346. The second-order valence-corrected chi connectivity index (χ2v) is 8.18. The number of methoxy groups -OCH3 is 1. The summed E-state index contributed by atoms with van der Waals surface area (Å²) in [7, 11) is 1.63. The maximum Gasteiger partial charge on any atom is 0.246 e. The predicted octanol–water partition coefficient (Wildman–Crippen LogP) is 6.36. The number of fused-ring (bicyclic) bond motifs is 1. The molecule has 162 valence electrons. The Hall–Kier alpha value is -3.08. The van der Waals surface area contributed by atoms with Crippen LogP contribution in [0.2, 0.25) is 0 Å². The summed E-state index contributed by atoms with van der Waals surface area (Å²) in [4.78, 5) is 14.8. The van der Waals surface area contributed by atoms with Gasteiger partial charge in [-0.15, -0.1) is 0 Å². The number of benzene rings is 2. The average Bonchev–Trinajstić information content (AvgIpc) is 3.00. The average molecular weight is 422 g/mol. The fourth-order valence-corrected chi connectivity index (χ4v) is 4.37. The van der Waals surface area contributed by atoms with E-state index in [9.17, 15) is 9.18 Å². The molecule has 0 bridgehead atoms. The number of hydrogen-bond acceptors (Lipinski definition) is 3. The van der Waals surface area contributed by atoms with Crippen molar-refractivity contribution in [1.29, 1.82) is 0 Å². The lowest BCUT2D eigenvalue weighted by molar-refractivity contribution is -0.125. The van der Waals surface area contributed by atoms with Gasteiger partial charge in [-0.25, -0.2) is 4.39 Å². The Bertz CT molecular complexity index is 1120. The number of likely N-dealkylation sites (tertiary alicyclic amines) is 1. The van der Waals surface area contributed by atoms with Gasteiger partial charge >= 0.3 is 0 Å². The van der Waals surface area contributed by atoms with Crippen molar-refractivity contribution in [1.82, 2.24) is 4.90 Å². The van der Waals surface area contributed by atoms with Crippen LogP contribution in [0.15, 0.2) is 47.1 Å². The molecule has 2 heterocycles. The number of amides is 1. The van der Waals surface area contributed by atoms with E-state index in [-0.39, 0.29) is 11.7 Å². The zero-order valence-corrected chi connectivity index (χ0v) is 18.3. The van der Waals surface area contributed by atoms with E-state index >= 15 is 0 Å². The summed E-state index contributed by atoms with van der Waals surface area (Å²) in [6, 6.07) is 8.37. The van der Waals surface area contributed by atoms with Crippen molar-refractivity contribution in [2.24, 2.45) is 0 Å². The number of carbonyl (C=O) groups is 1. The van der Waals surface area contributed by atoms with Gasteiger partial charge in [-0.2, -0.15) is 0 Å². The third-order valence-electron chi connectivity index (χ3n) is 6.09. The number of hydrogen-bond donors (Lipinski definition) is 0. The van der Waals surface area contributed by atoms with Crippen molar-refractivity contribution in [3.63, 3.8) is 0 Å². The van der Waals surface area contributed by atoms with E-state index in [1.54, 1.807) is 31.6 Å². The lowest BCUT2D eigenvalue weighted by Crippen LogP contribution is -2.30. The molecule has 3 aromatic rings. The van der Waals surface area contributed by atoms with E-state index in [4.69, 9.17) is 9.15 Å². The molecule has 5 heteroatoms. The van der Waals surface area contributed by atoms with Crippen molar-refractivity contribution in [2.45, 2.75) is 39.5 Å². The topological polar surface area (TPSA) is 42.7 Å². The Morgan fingerprint density at radius 2 is 1.81 bits per heavy atom. The van der Waals surface area contributed by atoms with Crippen LogP contribution in [0.3, 0.4) is 0 Å². The van der Waals surface area contributed by atoms with E-state index in [1.807, 2.05) is 24.8 Å². The number of carbonyl (C=O) groups excluding carboxylic acids is 1. The minimum Gasteiger partial charge on any atom is -0.496 e. The Labute approximate surface area is 182 Å². The maximum absolute atomic E-state index is 13.4. The highest BCUT2D eigenvalue weighted by atomic mass is 19.1. The van der Waals surface area contributed by atoms with Crippen LogP contribution in [-0.4, -0.2) is 31.0 Å². The van der Waals surface area contributed by atoms with Crippen LogP contribution in [0.25, 0.3) is 27.7 Å². The van der Waals surface area contributed by atoms with Crippen LogP contribution < -0.4 is 4.74 Å². The van der Waals surface area contributed by atoms with Crippen molar-refractivity contribution < 1.29 is 18.3 Å². The molecule has 1 aliphatic heterocycles. The summed E-state index contributed by atoms with van der Waals surface area (Å²) in [6.07, 6.45) is 7.89. The first-order valence-electron chi connectivity index (χ1n) is 10.8. The van der Waals surface area contributed by atoms with Gasteiger partial charge in [-0.3, -0.25) is 4.79 Å². The number of aryl methyl sites for hydroxylation is 1. The SMILES string of the molecule is COc1c(/C(C)=C/C(=O)N2CCCCCC2)cc2c(-c3ccc(F)cc3)coc2c1C. The minimum absolute atomic E-state index is 0.0464. The molecule has 31 heavy (non-hydrogen) atoms. The Balaban J connectivity index is 1.78. The van der Waals surface area contributed by atoms with Gasteiger partial charge in [-0.05, 0) is 56.0 Å². The molecule has 0 N–H and O–H groups in total. The van der Waals surface area contributed by atoms with Gasteiger partial charge in [-0.1, -0.05) is 25.0 Å². The van der Waals surface area contributed by atoms with E-state index in [1.165, 1.54) is 25.0 Å². The highest BCUT2D eigenvalue weighted by Gasteiger charge is 2.20. The first kappa shape index (κ1) is 21.2. The first-order valence-corrected chi connectivity index (χ1v) is 10.8. The fourth-order valence-electron chi connectivity index (χ4n) is 4.37. The van der Waals surface area contributed by atoms with E-state index in [2.05, 4.69) is 0 Å². The number of furan rings is 1. The number of nitrogens with zero attached hydrogens (tertiary/aromatic N) is 1. The lowest BCUT2D eigenvalue weighted by Gasteiger charge is -2.19. The molecule has 0 unspecified atom stereocenters. The first-order chi connectivity index (χ1) is 15.0. The molecule has 1 aromatic heterocycles. The molecule has 1 saturated heterocycles. The summed E-state index contributed by atoms with van der Waals surface area (Å²) >= 11 is 0. The standard InChI is InChI=1S/C26H28FNO3/c1-17(14-24(29)28-12-6-4-5-7-13-28)21-15-22-23(19-8-10-20(27)11-9-19)16-31-26(22)18(2)25(21)30-3/h8-11,14-16H,4-7,12-13H2,1-3H3/b17-14+. The maximum atomic E-state index is 13.4. The third-order valence-corrected chi connectivity index (χ3v) is 6.09. The number of halogens is 1. The van der Waals surface area contributed by atoms with E-state index in [0.29, 0.717) is 5.75 Å². The van der Waals surface area contributed by atoms with Gasteiger partial charge in [0.2, 0.25) is 5.91 Å². The number of rotatable bonds is 4. The Kier molecular flexibility index (Phi) is 6.12. The number of allylic oxidation sites excluding steroid dienone is 1. The van der Waals surface area contributed by atoms with Crippen molar-refractivity contribution in [2.75, 3.05) is 20.2 Å². The summed E-state index contributed by atoms with van der Waals surface area (Å²) in [5, 5.41) is 0.912. The summed E-state index contributed by atoms with van der Waals surface area (Å²) < 4.78 is 25.0.